The third kappa shape index (κ3) is 3.10. The van der Waals surface area contributed by atoms with E-state index in [1.54, 1.807) is 7.11 Å². The van der Waals surface area contributed by atoms with Gasteiger partial charge in [-0.25, -0.2) is 0 Å². The van der Waals surface area contributed by atoms with Crippen molar-refractivity contribution < 1.29 is 19.1 Å². The molecule has 0 saturated heterocycles. The zero-order chi connectivity index (χ0) is 17.1. The van der Waals surface area contributed by atoms with Crippen molar-refractivity contribution in [1.82, 2.24) is 0 Å². The zero-order valence-electron chi connectivity index (χ0n) is 13.4. The molecule has 1 amide bonds. The van der Waals surface area contributed by atoms with Crippen LogP contribution < -0.4 is 9.64 Å². The van der Waals surface area contributed by atoms with Crippen LogP contribution in [0.4, 0.5) is 5.69 Å². The molecule has 0 fully saturated rings. The van der Waals surface area contributed by atoms with E-state index in [1.807, 2.05) is 48.5 Å². The number of methoxy groups -OCH3 is 2. The second-order valence-corrected chi connectivity index (χ2v) is 6.39. The van der Waals surface area contributed by atoms with Gasteiger partial charge in [0.25, 0.3) is 0 Å². The molecule has 1 aliphatic heterocycles. The molecule has 1 atom stereocenters. The summed E-state index contributed by atoms with van der Waals surface area (Å²) in [6.07, 6.45) is 0. The highest BCUT2D eigenvalue weighted by Crippen LogP contribution is 2.46. The predicted molar refractivity (Wildman–Crippen MR) is 92.4 cm³/mol. The number of benzene rings is 2. The molecular formula is C18H17NO4S. The Balaban J connectivity index is 1.97. The van der Waals surface area contributed by atoms with Crippen LogP contribution in [0.5, 0.6) is 5.75 Å². The highest BCUT2D eigenvalue weighted by Gasteiger charge is 2.35. The van der Waals surface area contributed by atoms with Crippen LogP contribution >= 0.6 is 11.8 Å². The summed E-state index contributed by atoms with van der Waals surface area (Å²) in [7, 11) is 2.92. The van der Waals surface area contributed by atoms with Gasteiger partial charge >= 0.3 is 5.97 Å². The molecule has 0 N–H and O–H groups in total. The van der Waals surface area contributed by atoms with Crippen LogP contribution in [0.3, 0.4) is 0 Å². The first-order valence-corrected chi connectivity index (χ1v) is 8.30. The maximum absolute atomic E-state index is 13.0. The largest absolute Gasteiger partial charge is 0.497 e. The Morgan fingerprint density at radius 1 is 1.12 bits per heavy atom. The number of carbonyl (C=O) groups is 2. The Morgan fingerprint density at radius 2 is 1.83 bits per heavy atom. The van der Waals surface area contributed by atoms with Crippen molar-refractivity contribution in [1.29, 1.82) is 0 Å². The number of ether oxygens (including phenoxy) is 2. The van der Waals surface area contributed by atoms with Gasteiger partial charge in [-0.05, 0) is 29.8 Å². The lowest BCUT2D eigenvalue weighted by Gasteiger charge is -2.33. The Bertz CT molecular complexity index is 760. The summed E-state index contributed by atoms with van der Waals surface area (Å²) in [6.45, 7) is -0.0977. The van der Waals surface area contributed by atoms with E-state index >= 15 is 0 Å². The first kappa shape index (κ1) is 16.4. The Morgan fingerprint density at radius 3 is 2.50 bits per heavy atom. The molecule has 0 spiro atoms. The van der Waals surface area contributed by atoms with Gasteiger partial charge in [-0.1, -0.05) is 24.3 Å². The average Bonchev–Trinajstić information content (AvgIpc) is 2.63. The monoisotopic (exact) mass is 343 g/mol. The minimum Gasteiger partial charge on any atom is -0.497 e. The first-order chi connectivity index (χ1) is 11.6. The lowest BCUT2D eigenvalue weighted by Crippen LogP contribution is -2.41. The number of thioether (sulfide) groups is 1. The number of rotatable bonds is 4. The standard InChI is InChI=1S/C18H17NO4S/c1-22-13-9-7-12(8-10-13)17-18(21)19(11-16(20)23-2)14-5-3-4-6-15(14)24-17/h3-10,17H,11H2,1-2H3. The Labute approximate surface area is 144 Å². The molecule has 2 aromatic carbocycles. The third-order valence-electron chi connectivity index (χ3n) is 3.82. The minimum absolute atomic E-state index is 0.0977. The fraction of sp³-hybridized carbons (Fsp3) is 0.222. The van der Waals surface area contributed by atoms with E-state index in [0.29, 0.717) is 0 Å². The Hall–Kier alpha value is -2.47. The molecule has 0 aromatic heterocycles. The van der Waals surface area contributed by atoms with Gasteiger partial charge in [-0.2, -0.15) is 0 Å². The average molecular weight is 343 g/mol. The number of hydrogen-bond acceptors (Lipinski definition) is 5. The van der Waals surface area contributed by atoms with Gasteiger partial charge in [-0.3, -0.25) is 14.5 Å². The molecule has 0 radical (unpaired) electrons. The lowest BCUT2D eigenvalue weighted by molar-refractivity contribution is -0.140. The van der Waals surface area contributed by atoms with E-state index in [1.165, 1.54) is 23.8 Å². The number of fused-ring (bicyclic) bond motifs is 1. The van der Waals surface area contributed by atoms with Crippen molar-refractivity contribution in [2.45, 2.75) is 10.1 Å². The molecule has 2 aromatic rings. The first-order valence-electron chi connectivity index (χ1n) is 7.42. The van der Waals surface area contributed by atoms with E-state index in [9.17, 15) is 9.59 Å². The van der Waals surface area contributed by atoms with E-state index in [0.717, 1.165) is 21.9 Å². The maximum atomic E-state index is 13.0. The highest BCUT2D eigenvalue weighted by atomic mass is 32.2. The summed E-state index contributed by atoms with van der Waals surface area (Å²) in [6, 6.07) is 15.0. The van der Waals surface area contributed by atoms with Gasteiger partial charge in [0.1, 0.15) is 17.5 Å². The number of carbonyl (C=O) groups excluding carboxylic acids is 2. The third-order valence-corrected chi connectivity index (χ3v) is 5.13. The molecule has 0 bridgehead atoms. The quantitative estimate of drug-likeness (QED) is 0.799. The van der Waals surface area contributed by atoms with E-state index in [4.69, 9.17) is 9.47 Å². The summed E-state index contributed by atoms with van der Waals surface area (Å²) in [5.74, 6) is 0.159. The molecule has 1 heterocycles. The molecule has 3 rings (SSSR count). The number of amides is 1. The van der Waals surface area contributed by atoms with Gasteiger partial charge in [0.2, 0.25) is 5.91 Å². The van der Waals surface area contributed by atoms with Gasteiger partial charge < -0.3 is 9.47 Å². The fourth-order valence-electron chi connectivity index (χ4n) is 2.56. The second-order valence-electron chi connectivity index (χ2n) is 5.24. The van der Waals surface area contributed by atoms with Gasteiger partial charge in [-0.15, -0.1) is 11.8 Å². The number of esters is 1. The molecule has 124 valence electrons. The van der Waals surface area contributed by atoms with Crippen LogP contribution in [0.2, 0.25) is 0 Å². The molecular weight excluding hydrogens is 326 g/mol. The van der Waals surface area contributed by atoms with Crippen LogP contribution in [0.25, 0.3) is 0 Å². The number of anilines is 1. The number of nitrogens with zero attached hydrogens (tertiary/aromatic N) is 1. The van der Waals surface area contributed by atoms with Gasteiger partial charge in [0.05, 0.1) is 19.9 Å². The summed E-state index contributed by atoms with van der Waals surface area (Å²) in [5, 5.41) is -0.407. The highest BCUT2D eigenvalue weighted by molar-refractivity contribution is 8.00. The zero-order valence-corrected chi connectivity index (χ0v) is 14.2. The predicted octanol–water partition coefficient (Wildman–Crippen LogP) is 3.05. The summed E-state index contributed by atoms with van der Waals surface area (Å²) < 4.78 is 9.90. The smallest absolute Gasteiger partial charge is 0.325 e. The Kier molecular flexibility index (Phi) is 4.76. The number of hydrogen-bond donors (Lipinski definition) is 0. The summed E-state index contributed by atoms with van der Waals surface area (Å²) in [5.41, 5.74) is 1.61. The van der Waals surface area contributed by atoms with E-state index in [2.05, 4.69) is 0 Å². The molecule has 6 heteroatoms. The van der Waals surface area contributed by atoms with Crippen LogP contribution in [0.1, 0.15) is 10.8 Å². The molecule has 5 nitrogen and oxygen atoms in total. The SMILES string of the molecule is COC(=O)CN1C(=O)C(c2ccc(OC)cc2)Sc2ccccc21. The fourth-order valence-corrected chi connectivity index (χ4v) is 3.79. The lowest BCUT2D eigenvalue weighted by atomic mass is 10.1. The molecule has 24 heavy (non-hydrogen) atoms. The van der Waals surface area contributed by atoms with Crippen LogP contribution in [0.15, 0.2) is 53.4 Å². The van der Waals surface area contributed by atoms with Crippen molar-refractivity contribution in [2.75, 3.05) is 25.7 Å². The van der Waals surface area contributed by atoms with Crippen molar-refractivity contribution >= 4 is 29.3 Å². The van der Waals surface area contributed by atoms with Crippen molar-refractivity contribution in [3.63, 3.8) is 0 Å². The van der Waals surface area contributed by atoms with Gasteiger partial charge in [0.15, 0.2) is 0 Å². The van der Waals surface area contributed by atoms with Crippen LogP contribution in [-0.4, -0.2) is 32.6 Å². The second kappa shape index (κ2) is 6.97. The van der Waals surface area contributed by atoms with Gasteiger partial charge in [0, 0.05) is 4.90 Å². The van der Waals surface area contributed by atoms with Crippen LogP contribution in [0, 0.1) is 0 Å². The number of para-hydroxylation sites is 1. The molecule has 0 aliphatic carbocycles. The van der Waals surface area contributed by atoms with E-state index < -0.39 is 11.2 Å². The topological polar surface area (TPSA) is 55.8 Å². The molecule has 0 saturated carbocycles. The van der Waals surface area contributed by atoms with Crippen molar-refractivity contribution in [3.05, 3.63) is 54.1 Å². The minimum atomic E-state index is -0.446. The van der Waals surface area contributed by atoms with Crippen molar-refractivity contribution in [2.24, 2.45) is 0 Å². The summed E-state index contributed by atoms with van der Waals surface area (Å²) >= 11 is 1.49. The molecule has 1 aliphatic rings. The van der Waals surface area contributed by atoms with Crippen molar-refractivity contribution in [3.8, 4) is 5.75 Å². The molecule has 1 unspecified atom stereocenters. The normalized spacial score (nSPS) is 16.5. The van der Waals surface area contributed by atoms with E-state index in [-0.39, 0.29) is 12.5 Å². The maximum Gasteiger partial charge on any atom is 0.325 e. The summed E-state index contributed by atoms with van der Waals surface area (Å²) in [4.78, 5) is 27.1. The van der Waals surface area contributed by atoms with Crippen LogP contribution in [-0.2, 0) is 14.3 Å².